The molecule has 1 saturated carbocycles. The predicted molar refractivity (Wildman–Crippen MR) is 122 cm³/mol. The number of rotatable bonds is 5. The van der Waals surface area contributed by atoms with E-state index in [-0.39, 0.29) is 29.4 Å². The Labute approximate surface area is 187 Å². The van der Waals surface area contributed by atoms with Gasteiger partial charge in [-0.05, 0) is 62.1 Å². The van der Waals surface area contributed by atoms with Crippen LogP contribution in [0.2, 0.25) is 0 Å². The molecule has 1 heterocycles. The maximum Gasteiger partial charge on any atom is 0.243 e. The van der Waals surface area contributed by atoms with Gasteiger partial charge in [0.15, 0.2) is 0 Å². The maximum atomic E-state index is 13.6. The SMILES string of the molecule is C[C@H]1Cc2ccccc2N1C(=O)CN(C1CCCCC1)S(=O)(=O)c1ccc(Br)cc1. The molecule has 1 atom stereocenters. The molecule has 0 N–H and O–H groups in total. The number of carbonyl (C=O) groups is 1. The van der Waals surface area contributed by atoms with Gasteiger partial charge in [-0.2, -0.15) is 4.31 Å². The first-order chi connectivity index (χ1) is 14.4. The van der Waals surface area contributed by atoms with Crippen LogP contribution in [0.15, 0.2) is 57.9 Å². The number of benzene rings is 2. The number of carbonyl (C=O) groups excluding carboxylic acids is 1. The Balaban J connectivity index is 1.65. The molecule has 1 amide bonds. The largest absolute Gasteiger partial charge is 0.308 e. The third-order valence-corrected chi connectivity index (χ3v) is 8.61. The fourth-order valence-electron chi connectivity index (χ4n) is 4.68. The van der Waals surface area contributed by atoms with Crippen molar-refractivity contribution in [1.29, 1.82) is 0 Å². The number of para-hydroxylation sites is 1. The molecule has 0 spiro atoms. The van der Waals surface area contributed by atoms with Gasteiger partial charge in [0, 0.05) is 22.2 Å². The van der Waals surface area contributed by atoms with E-state index in [4.69, 9.17) is 0 Å². The summed E-state index contributed by atoms with van der Waals surface area (Å²) in [5.74, 6) is -0.154. The molecule has 0 saturated heterocycles. The molecule has 0 aromatic heterocycles. The van der Waals surface area contributed by atoms with Gasteiger partial charge >= 0.3 is 0 Å². The van der Waals surface area contributed by atoms with Crippen LogP contribution in [0.5, 0.6) is 0 Å². The number of nitrogens with zero attached hydrogens (tertiary/aromatic N) is 2. The standard InChI is InChI=1S/C23H27BrN2O3S/c1-17-15-18-7-5-6-10-22(18)26(17)23(27)16-25(20-8-3-2-4-9-20)30(28,29)21-13-11-19(24)12-14-21/h5-7,10-14,17,20H,2-4,8-9,15-16H2,1H3/t17-/m0/s1. The normalized spacial score (nSPS) is 19.8. The van der Waals surface area contributed by atoms with E-state index in [9.17, 15) is 13.2 Å². The van der Waals surface area contributed by atoms with E-state index >= 15 is 0 Å². The number of fused-ring (bicyclic) bond motifs is 1. The minimum Gasteiger partial charge on any atom is -0.308 e. The molecular weight excluding hydrogens is 464 g/mol. The summed E-state index contributed by atoms with van der Waals surface area (Å²) in [4.78, 5) is 15.4. The zero-order valence-corrected chi connectivity index (χ0v) is 19.5. The first kappa shape index (κ1) is 21.5. The lowest BCUT2D eigenvalue weighted by molar-refractivity contribution is -0.119. The predicted octanol–water partition coefficient (Wildman–Crippen LogP) is 4.75. The van der Waals surface area contributed by atoms with Crippen molar-refractivity contribution < 1.29 is 13.2 Å². The Bertz CT molecular complexity index is 1020. The van der Waals surface area contributed by atoms with Gasteiger partial charge in [-0.15, -0.1) is 0 Å². The minimum absolute atomic E-state index is 0.0264. The Morgan fingerprint density at radius 1 is 1.07 bits per heavy atom. The van der Waals surface area contributed by atoms with Crippen molar-refractivity contribution in [2.75, 3.05) is 11.4 Å². The quantitative estimate of drug-likeness (QED) is 0.607. The number of hydrogen-bond donors (Lipinski definition) is 0. The van der Waals surface area contributed by atoms with Gasteiger partial charge in [0.1, 0.15) is 0 Å². The average molecular weight is 491 g/mol. The summed E-state index contributed by atoms with van der Waals surface area (Å²) in [6, 6.07) is 14.4. The molecule has 0 bridgehead atoms. The molecule has 1 aliphatic heterocycles. The molecule has 2 aromatic rings. The van der Waals surface area contributed by atoms with Gasteiger partial charge in [-0.1, -0.05) is 53.4 Å². The maximum absolute atomic E-state index is 13.6. The summed E-state index contributed by atoms with van der Waals surface area (Å²) < 4.78 is 29.4. The van der Waals surface area contributed by atoms with Gasteiger partial charge < -0.3 is 4.90 Å². The highest BCUT2D eigenvalue weighted by molar-refractivity contribution is 9.10. The lowest BCUT2D eigenvalue weighted by atomic mass is 9.95. The number of hydrogen-bond acceptors (Lipinski definition) is 3. The fourth-order valence-corrected chi connectivity index (χ4v) is 6.58. The van der Waals surface area contributed by atoms with Crippen LogP contribution in [0.1, 0.15) is 44.6 Å². The van der Waals surface area contributed by atoms with E-state index in [2.05, 4.69) is 15.9 Å². The highest BCUT2D eigenvalue weighted by Gasteiger charge is 2.37. The number of sulfonamides is 1. The van der Waals surface area contributed by atoms with E-state index in [0.29, 0.717) is 0 Å². The van der Waals surface area contributed by atoms with Gasteiger partial charge in [0.05, 0.1) is 11.4 Å². The van der Waals surface area contributed by atoms with Crippen LogP contribution in [0.4, 0.5) is 5.69 Å². The fraction of sp³-hybridized carbons (Fsp3) is 0.435. The van der Waals surface area contributed by atoms with Crippen molar-refractivity contribution >= 4 is 37.5 Å². The van der Waals surface area contributed by atoms with Crippen LogP contribution in [0, 0.1) is 0 Å². The number of anilines is 1. The second-order valence-electron chi connectivity index (χ2n) is 8.24. The van der Waals surface area contributed by atoms with Gasteiger partial charge in [0.25, 0.3) is 0 Å². The van der Waals surface area contributed by atoms with E-state index in [0.717, 1.165) is 54.2 Å². The summed E-state index contributed by atoms with van der Waals surface area (Å²) in [6.45, 7) is 1.90. The van der Waals surface area contributed by atoms with Gasteiger partial charge in [-0.3, -0.25) is 4.79 Å². The summed E-state index contributed by atoms with van der Waals surface area (Å²) in [5.41, 5.74) is 2.04. The number of amides is 1. The molecule has 2 aliphatic rings. The molecule has 1 fully saturated rings. The molecule has 160 valence electrons. The Morgan fingerprint density at radius 2 is 1.73 bits per heavy atom. The van der Waals surface area contributed by atoms with Crippen molar-refractivity contribution in [2.24, 2.45) is 0 Å². The molecule has 2 aromatic carbocycles. The first-order valence-corrected chi connectivity index (χ1v) is 12.8. The van der Waals surface area contributed by atoms with Crippen LogP contribution in [0.3, 0.4) is 0 Å². The monoisotopic (exact) mass is 490 g/mol. The van der Waals surface area contributed by atoms with Crippen LogP contribution >= 0.6 is 15.9 Å². The van der Waals surface area contributed by atoms with Gasteiger partial charge in [-0.25, -0.2) is 8.42 Å². The molecule has 30 heavy (non-hydrogen) atoms. The second-order valence-corrected chi connectivity index (χ2v) is 11.0. The summed E-state index contributed by atoms with van der Waals surface area (Å²) >= 11 is 3.36. The Hall–Kier alpha value is -1.70. The van der Waals surface area contributed by atoms with Crippen molar-refractivity contribution in [3.63, 3.8) is 0 Å². The Kier molecular flexibility index (Phi) is 6.32. The zero-order chi connectivity index (χ0) is 21.3. The van der Waals surface area contributed by atoms with E-state index < -0.39 is 10.0 Å². The van der Waals surface area contributed by atoms with Crippen LogP contribution in [-0.2, 0) is 21.2 Å². The molecule has 1 aliphatic carbocycles. The summed E-state index contributed by atoms with van der Waals surface area (Å²) in [5, 5.41) is 0. The first-order valence-electron chi connectivity index (χ1n) is 10.6. The molecule has 4 rings (SSSR count). The van der Waals surface area contributed by atoms with E-state index in [1.165, 1.54) is 4.31 Å². The van der Waals surface area contributed by atoms with Crippen molar-refractivity contribution in [3.8, 4) is 0 Å². The molecular formula is C23H27BrN2O3S. The van der Waals surface area contributed by atoms with Crippen LogP contribution < -0.4 is 4.90 Å². The molecule has 0 radical (unpaired) electrons. The van der Waals surface area contributed by atoms with Crippen LogP contribution in [0.25, 0.3) is 0 Å². The lowest BCUT2D eigenvalue weighted by Gasteiger charge is -2.34. The smallest absolute Gasteiger partial charge is 0.243 e. The lowest BCUT2D eigenvalue weighted by Crippen LogP contribution is -2.49. The van der Waals surface area contributed by atoms with E-state index in [1.807, 2.05) is 31.2 Å². The average Bonchev–Trinajstić information content (AvgIpc) is 3.08. The topological polar surface area (TPSA) is 57.7 Å². The third-order valence-electron chi connectivity index (χ3n) is 6.17. The third kappa shape index (κ3) is 4.20. The van der Waals surface area contributed by atoms with Crippen LogP contribution in [-0.4, -0.2) is 37.3 Å². The van der Waals surface area contributed by atoms with Gasteiger partial charge in [0.2, 0.25) is 15.9 Å². The van der Waals surface area contributed by atoms with Crippen molar-refractivity contribution in [1.82, 2.24) is 4.31 Å². The Morgan fingerprint density at radius 3 is 2.43 bits per heavy atom. The molecule has 7 heteroatoms. The minimum atomic E-state index is -3.77. The highest BCUT2D eigenvalue weighted by Crippen LogP contribution is 2.33. The molecule has 5 nitrogen and oxygen atoms in total. The second kappa shape index (κ2) is 8.81. The summed E-state index contributed by atoms with van der Waals surface area (Å²) in [6.07, 6.45) is 5.50. The summed E-state index contributed by atoms with van der Waals surface area (Å²) in [7, 11) is -3.77. The van der Waals surface area contributed by atoms with Crippen molar-refractivity contribution in [3.05, 3.63) is 58.6 Å². The van der Waals surface area contributed by atoms with Crippen molar-refractivity contribution in [2.45, 2.75) is 62.4 Å². The van der Waals surface area contributed by atoms with E-state index in [1.54, 1.807) is 29.2 Å². The highest BCUT2D eigenvalue weighted by atomic mass is 79.9. The molecule has 0 unspecified atom stereocenters. The zero-order valence-electron chi connectivity index (χ0n) is 17.1. The number of halogens is 1.